The van der Waals surface area contributed by atoms with Gasteiger partial charge in [0.1, 0.15) is 11.5 Å². The summed E-state index contributed by atoms with van der Waals surface area (Å²) < 4.78 is 10.4. The molecule has 0 aliphatic carbocycles. The minimum atomic E-state index is -0.00411. The molecular weight excluding hydrogens is 256 g/mol. The van der Waals surface area contributed by atoms with E-state index >= 15 is 0 Å². The molecule has 1 aromatic rings. The fourth-order valence-corrected chi connectivity index (χ4v) is 2.53. The van der Waals surface area contributed by atoms with E-state index in [4.69, 9.17) is 9.47 Å². The lowest BCUT2D eigenvalue weighted by Crippen LogP contribution is -2.44. The molecule has 0 radical (unpaired) electrons. The Morgan fingerprint density at radius 1 is 1.35 bits per heavy atom. The lowest BCUT2D eigenvalue weighted by Gasteiger charge is -2.29. The highest BCUT2D eigenvalue weighted by Crippen LogP contribution is 2.30. The van der Waals surface area contributed by atoms with Gasteiger partial charge >= 0.3 is 0 Å². The van der Waals surface area contributed by atoms with Gasteiger partial charge in [-0.3, -0.25) is 4.79 Å². The zero-order valence-corrected chi connectivity index (χ0v) is 12.2. The number of carbonyl (C=O) groups is 1. The first kappa shape index (κ1) is 14.7. The van der Waals surface area contributed by atoms with Crippen molar-refractivity contribution < 1.29 is 14.3 Å². The average molecular weight is 278 g/mol. The SMILES string of the molecule is COc1ccc(NC(=O)C2CCCNC2C)c(OC)c1. The number of nitrogens with one attached hydrogen (secondary N) is 2. The van der Waals surface area contributed by atoms with Crippen LogP contribution in [0.5, 0.6) is 11.5 Å². The number of rotatable bonds is 4. The Morgan fingerprint density at radius 2 is 2.15 bits per heavy atom. The molecule has 0 bridgehead atoms. The maximum absolute atomic E-state index is 12.4. The van der Waals surface area contributed by atoms with Gasteiger partial charge in [0.25, 0.3) is 0 Å². The van der Waals surface area contributed by atoms with E-state index in [0.717, 1.165) is 19.4 Å². The fourth-order valence-electron chi connectivity index (χ4n) is 2.53. The summed E-state index contributed by atoms with van der Waals surface area (Å²) in [6.45, 7) is 3.03. The third-order valence-corrected chi connectivity index (χ3v) is 3.77. The molecule has 1 amide bonds. The normalized spacial score (nSPS) is 22.1. The number of hydrogen-bond acceptors (Lipinski definition) is 4. The summed E-state index contributed by atoms with van der Waals surface area (Å²) in [5.74, 6) is 1.34. The fraction of sp³-hybridized carbons (Fsp3) is 0.533. The second-order valence-electron chi connectivity index (χ2n) is 5.05. The molecule has 1 fully saturated rings. The van der Waals surface area contributed by atoms with Crippen LogP contribution in [-0.4, -0.2) is 32.7 Å². The van der Waals surface area contributed by atoms with Crippen LogP contribution in [0, 0.1) is 5.92 Å². The molecule has 1 aliphatic rings. The van der Waals surface area contributed by atoms with Crippen molar-refractivity contribution in [2.45, 2.75) is 25.8 Å². The van der Waals surface area contributed by atoms with Crippen molar-refractivity contribution >= 4 is 11.6 Å². The smallest absolute Gasteiger partial charge is 0.229 e. The van der Waals surface area contributed by atoms with Crippen molar-refractivity contribution in [1.29, 1.82) is 0 Å². The molecule has 1 heterocycles. The van der Waals surface area contributed by atoms with E-state index < -0.39 is 0 Å². The molecule has 2 rings (SSSR count). The van der Waals surface area contributed by atoms with E-state index in [-0.39, 0.29) is 17.9 Å². The summed E-state index contributed by atoms with van der Waals surface area (Å²) in [7, 11) is 3.18. The van der Waals surface area contributed by atoms with Crippen LogP contribution in [0.1, 0.15) is 19.8 Å². The zero-order chi connectivity index (χ0) is 14.5. The van der Waals surface area contributed by atoms with Crippen LogP contribution < -0.4 is 20.1 Å². The van der Waals surface area contributed by atoms with Gasteiger partial charge in [-0.1, -0.05) is 0 Å². The Balaban J connectivity index is 2.10. The summed E-state index contributed by atoms with van der Waals surface area (Å²) in [4.78, 5) is 12.4. The van der Waals surface area contributed by atoms with Gasteiger partial charge in [0.15, 0.2) is 0 Å². The predicted molar refractivity (Wildman–Crippen MR) is 78.4 cm³/mol. The molecule has 0 saturated carbocycles. The molecule has 0 spiro atoms. The van der Waals surface area contributed by atoms with Crippen LogP contribution in [0.2, 0.25) is 0 Å². The third kappa shape index (κ3) is 3.22. The van der Waals surface area contributed by atoms with Crippen LogP contribution in [0.3, 0.4) is 0 Å². The number of benzene rings is 1. The van der Waals surface area contributed by atoms with Gasteiger partial charge in [-0.05, 0) is 38.4 Å². The summed E-state index contributed by atoms with van der Waals surface area (Å²) in [6, 6.07) is 5.57. The van der Waals surface area contributed by atoms with Crippen molar-refractivity contribution in [2.75, 3.05) is 26.1 Å². The van der Waals surface area contributed by atoms with Gasteiger partial charge in [0.05, 0.1) is 25.8 Å². The number of amides is 1. The standard InChI is InChI=1S/C15H22N2O3/c1-10-12(5-4-8-16-10)15(18)17-13-7-6-11(19-2)9-14(13)20-3/h6-7,9-10,12,16H,4-5,8H2,1-3H3,(H,17,18). The average Bonchev–Trinajstić information content (AvgIpc) is 2.48. The second-order valence-corrected chi connectivity index (χ2v) is 5.05. The Bertz CT molecular complexity index is 476. The Morgan fingerprint density at radius 3 is 2.80 bits per heavy atom. The first-order valence-corrected chi connectivity index (χ1v) is 6.92. The lowest BCUT2D eigenvalue weighted by molar-refractivity contribution is -0.121. The Labute approximate surface area is 119 Å². The molecular formula is C15H22N2O3. The van der Waals surface area contributed by atoms with Crippen molar-refractivity contribution in [2.24, 2.45) is 5.92 Å². The molecule has 0 aromatic heterocycles. The summed E-state index contributed by atoms with van der Waals surface area (Å²) >= 11 is 0. The van der Waals surface area contributed by atoms with E-state index in [1.807, 2.05) is 0 Å². The topological polar surface area (TPSA) is 59.6 Å². The molecule has 1 aliphatic heterocycles. The highest BCUT2D eigenvalue weighted by atomic mass is 16.5. The quantitative estimate of drug-likeness (QED) is 0.884. The van der Waals surface area contributed by atoms with Crippen LogP contribution >= 0.6 is 0 Å². The summed E-state index contributed by atoms with van der Waals surface area (Å²) in [5.41, 5.74) is 0.677. The maximum atomic E-state index is 12.4. The highest BCUT2D eigenvalue weighted by Gasteiger charge is 2.27. The molecule has 5 heteroatoms. The van der Waals surface area contributed by atoms with E-state index in [2.05, 4.69) is 17.6 Å². The largest absolute Gasteiger partial charge is 0.497 e. The van der Waals surface area contributed by atoms with Crippen LogP contribution in [-0.2, 0) is 4.79 Å². The van der Waals surface area contributed by atoms with Gasteiger partial charge in [-0.25, -0.2) is 0 Å². The van der Waals surface area contributed by atoms with Gasteiger partial charge in [-0.15, -0.1) is 0 Å². The number of hydrogen-bond donors (Lipinski definition) is 2. The van der Waals surface area contributed by atoms with E-state index in [9.17, 15) is 4.79 Å². The van der Waals surface area contributed by atoms with Crippen LogP contribution in [0.4, 0.5) is 5.69 Å². The molecule has 5 nitrogen and oxygen atoms in total. The van der Waals surface area contributed by atoms with E-state index in [1.165, 1.54) is 0 Å². The maximum Gasteiger partial charge on any atom is 0.229 e. The van der Waals surface area contributed by atoms with Crippen LogP contribution in [0.15, 0.2) is 18.2 Å². The Kier molecular flexibility index (Phi) is 4.84. The monoisotopic (exact) mass is 278 g/mol. The predicted octanol–water partition coefficient (Wildman–Crippen LogP) is 2.03. The van der Waals surface area contributed by atoms with E-state index in [0.29, 0.717) is 17.2 Å². The number of anilines is 1. The van der Waals surface area contributed by atoms with Crippen molar-refractivity contribution in [3.63, 3.8) is 0 Å². The minimum Gasteiger partial charge on any atom is -0.497 e. The van der Waals surface area contributed by atoms with Gasteiger partial charge < -0.3 is 20.1 Å². The first-order valence-electron chi connectivity index (χ1n) is 6.92. The van der Waals surface area contributed by atoms with E-state index in [1.54, 1.807) is 32.4 Å². The highest BCUT2D eigenvalue weighted by molar-refractivity contribution is 5.94. The molecule has 110 valence electrons. The second kappa shape index (κ2) is 6.61. The summed E-state index contributed by atoms with van der Waals surface area (Å²) in [5, 5.41) is 6.29. The lowest BCUT2D eigenvalue weighted by atomic mass is 9.91. The molecule has 1 saturated heterocycles. The molecule has 2 N–H and O–H groups in total. The number of ether oxygens (including phenoxy) is 2. The van der Waals surface area contributed by atoms with Gasteiger partial charge in [0, 0.05) is 12.1 Å². The Hall–Kier alpha value is -1.75. The van der Waals surface area contributed by atoms with Crippen molar-refractivity contribution in [1.82, 2.24) is 5.32 Å². The van der Waals surface area contributed by atoms with Crippen LogP contribution in [0.25, 0.3) is 0 Å². The molecule has 2 atom stereocenters. The van der Waals surface area contributed by atoms with Gasteiger partial charge in [-0.2, -0.15) is 0 Å². The zero-order valence-electron chi connectivity index (χ0n) is 12.2. The molecule has 20 heavy (non-hydrogen) atoms. The first-order chi connectivity index (χ1) is 9.65. The third-order valence-electron chi connectivity index (χ3n) is 3.77. The number of carbonyl (C=O) groups excluding carboxylic acids is 1. The van der Waals surface area contributed by atoms with Crippen molar-refractivity contribution in [3.8, 4) is 11.5 Å². The summed E-state index contributed by atoms with van der Waals surface area (Å²) in [6.07, 6.45) is 1.95. The minimum absolute atomic E-state index is 0.00411. The molecule has 1 aromatic carbocycles. The number of piperidine rings is 1. The van der Waals surface area contributed by atoms with Gasteiger partial charge in [0.2, 0.25) is 5.91 Å². The number of methoxy groups -OCH3 is 2. The van der Waals surface area contributed by atoms with Crippen molar-refractivity contribution in [3.05, 3.63) is 18.2 Å². The molecule has 2 unspecified atom stereocenters.